The minimum absolute atomic E-state index is 0.183. The number of allylic oxidation sites excluding steroid dienone is 3. The second-order valence-electron chi connectivity index (χ2n) is 7.84. The zero-order valence-electron chi connectivity index (χ0n) is 16.1. The van der Waals surface area contributed by atoms with E-state index in [-0.39, 0.29) is 12.1 Å². The number of hydrogen-bond donors (Lipinski definition) is 1. The van der Waals surface area contributed by atoms with Crippen molar-refractivity contribution in [2.45, 2.75) is 44.2 Å². The molecule has 144 valence electrons. The first kappa shape index (κ1) is 18.3. The Morgan fingerprint density at radius 2 is 1.93 bits per heavy atom. The summed E-state index contributed by atoms with van der Waals surface area (Å²) in [6, 6.07) is 8.72. The average Bonchev–Trinajstić information content (AvgIpc) is 3.39. The Kier molecular flexibility index (Phi) is 5.93. The van der Waals surface area contributed by atoms with Crippen LogP contribution in [0.25, 0.3) is 0 Å². The monoisotopic (exact) mass is 366 g/mol. The quantitative estimate of drug-likeness (QED) is 0.775. The molecular formula is C23H30N2O2. The summed E-state index contributed by atoms with van der Waals surface area (Å²) < 4.78 is 11.3. The first-order valence-corrected chi connectivity index (χ1v) is 10.2. The van der Waals surface area contributed by atoms with Gasteiger partial charge in [0.2, 0.25) is 0 Å². The molecule has 2 aliphatic carbocycles. The topological polar surface area (TPSA) is 42.8 Å². The summed E-state index contributed by atoms with van der Waals surface area (Å²) in [6.45, 7) is 1.45. The van der Waals surface area contributed by atoms with E-state index in [4.69, 9.17) is 14.5 Å². The van der Waals surface area contributed by atoms with Crippen LogP contribution in [0.15, 0.2) is 53.6 Å². The van der Waals surface area contributed by atoms with Crippen LogP contribution in [-0.4, -0.2) is 32.2 Å². The van der Waals surface area contributed by atoms with Crippen molar-refractivity contribution in [1.82, 2.24) is 5.32 Å². The molecule has 0 spiro atoms. The van der Waals surface area contributed by atoms with Crippen LogP contribution in [0.5, 0.6) is 5.75 Å². The Morgan fingerprint density at radius 3 is 2.63 bits per heavy atom. The highest BCUT2D eigenvalue weighted by Crippen LogP contribution is 2.33. The molecule has 3 atom stereocenters. The summed E-state index contributed by atoms with van der Waals surface area (Å²) >= 11 is 0. The normalized spacial score (nSPS) is 27.6. The summed E-state index contributed by atoms with van der Waals surface area (Å²) in [5.41, 5.74) is 1.25. The zero-order valence-corrected chi connectivity index (χ0v) is 16.1. The zero-order chi connectivity index (χ0) is 18.5. The molecule has 1 aromatic carbocycles. The summed E-state index contributed by atoms with van der Waals surface area (Å²) in [5, 5.41) is 3.64. The molecule has 1 saturated carbocycles. The van der Waals surface area contributed by atoms with Gasteiger partial charge in [-0.25, -0.2) is 0 Å². The molecule has 4 rings (SSSR count). The molecule has 0 aromatic heterocycles. The number of benzene rings is 1. The predicted molar refractivity (Wildman–Crippen MR) is 109 cm³/mol. The Hall–Kier alpha value is -2.07. The van der Waals surface area contributed by atoms with Crippen LogP contribution in [0, 0.1) is 11.8 Å². The van der Waals surface area contributed by atoms with Crippen molar-refractivity contribution < 1.29 is 9.47 Å². The molecule has 27 heavy (non-hydrogen) atoms. The first-order valence-electron chi connectivity index (χ1n) is 10.2. The highest BCUT2D eigenvalue weighted by atomic mass is 16.5. The summed E-state index contributed by atoms with van der Waals surface area (Å²) in [4.78, 5) is 5.04. The van der Waals surface area contributed by atoms with Gasteiger partial charge in [-0.05, 0) is 42.9 Å². The lowest BCUT2D eigenvalue weighted by atomic mass is 9.86. The molecule has 1 fully saturated rings. The predicted octanol–water partition coefficient (Wildman–Crippen LogP) is 4.45. The summed E-state index contributed by atoms with van der Waals surface area (Å²) in [7, 11) is 1.70. The first-order chi connectivity index (χ1) is 13.3. The molecule has 0 saturated heterocycles. The largest absolute Gasteiger partial charge is 0.497 e. The Labute approximate surface area is 162 Å². The fourth-order valence-corrected chi connectivity index (χ4v) is 4.42. The summed E-state index contributed by atoms with van der Waals surface area (Å²) in [5.74, 6) is 3.03. The third kappa shape index (κ3) is 4.44. The molecular weight excluding hydrogens is 336 g/mol. The number of ether oxygens (including phenoxy) is 2. The minimum atomic E-state index is 0.183. The molecule has 4 nitrogen and oxygen atoms in total. The van der Waals surface area contributed by atoms with Crippen LogP contribution in [0.3, 0.4) is 0 Å². The van der Waals surface area contributed by atoms with Crippen molar-refractivity contribution in [2.75, 3.05) is 20.3 Å². The average molecular weight is 367 g/mol. The third-order valence-electron chi connectivity index (χ3n) is 5.96. The Balaban J connectivity index is 1.44. The van der Waals surface area contributed by atoms with Crippen LogP contribution in [0.1, 0.15) is 43.7 Å². The van der Waals surface area contributed by atoms with E-state index in [1.807, 2.05) is 12.1 Å². The molecule has 1 aliphatic heterocycles. The fourth-order valence-electron chi connectivity index (χ4n) is 4.42. The van der Waals surface area contributed by atoms with E-state index >= 15 is 0 Å². The van der Waals surface area contributed by atoms with Gasteiger partial charge in [-0.15, -0.1) is 0 Å². The lowest BCUT2D eigenvalue weighted by molar-refractivity contribution is 0.131. The number of amidine groups is 1. The summed E-state index contributed by atoms with van der Waals surface area (Å²) in [6.07, 6.45) is 15.2. The van der Waals surface area contributed by atoms with Gasteiger partial charge in [0.05, 0.1) is 19.2 Å². The van der Waals surface area contributed by atoms with Gasteiger partial charge in [0.1, 0.15) is 18.2 Å². The lowest BCUT2D eigenvalue weighted by Gasteiger charge is -2.25. The van der Waals surface area contributed by atoms with Crippen molar-refractivity contribution in [1.29, 1.82) is 0 Å². The van der Waals surface area contributed by atoms with E-state index in [1.54, 1.807) is 7.11 Å². The molecule has 1 heterocycles. The van der Waals surface area contributed by atoms with Gasteiger partial charge in [0.25, 0.3) is 0 Å². The minimum Gasteiger partial charge on any atom is -0.497 e. The maximum Gasteiger partial charge on any atom is 0.124 e. The van der Waals surface area contributed by atoms with Gasteiger partial charge in [0.15, 0.2) is 0 Å². The van der Waals surface area contributed by atoms with E-state index in [0.717, 1.165) is 30.5 Å². The van der Waals surface area contributed by atoms with Crippen LogP contribution in [0.2, 0.25) is 0 Å². The van der Waals surface area contributed by atoms with Gasteiger partial charge in [-0.1, -0.05) is 49.3 Å². The Morgan fingerprint density at radius 1 is 1.11 bits per heavy atom. The fraction of sp³-hybridized carbons (Fsp3) is 0.522. The second kappa shape index (κ2) is 8.75. The van der Waals surface area contributed by atoms with Gasteiger partial charge in [-0.3, -0.25) is 4.99 Å². The standard InChI is InChI=1S/C23H30N2O2/c1-26-20-13-11-19(12-14-20)23-22(18-9-3-2-4-10-18)24-21(25-23)16-27-15-17-7-5-6-8-17/h2-4,9,11-14,17-18,22-23H,5-8,10,15-16H2,1H3,(H,24,25)/t18?,22-,23+/m0/s1. The number of nitrogens with one attached hydrogen (secondary N) is 1. The lowest BCUT2D eigenvalue weighted by Crippen LogP contribution is -2.32. The molecule has 0 amide bonds. The van der Waals surface area contributed by atoms with Crippen molar-refractivity contribution in [3.05, 3.63) is 54.1 Å². The van der Waals surface area contributed by atoms with Crippen molar-refractivity contribution in [3.63, 3.8) is 0 Å². The molecule has 1 unspecified atom stereocenters. The molecule has 0 bridgehead atoms. The van der Waals surface area contributed by atoms with Crippen molar-refractivity contribution in [3.8, 4) is 5.75 Å². The van der Waals surface area contributed by atoms with E-state index in [2.05, 4.69) is 41.8 Å². The number of methoxy groups -OCH3 is 1. The van der Waals surface area contributed by atoms with Crippen molar-refractivity contribution in [2.24, 2.45) is 16.8 Å². The molecule has 0 radical (unpaired) electrons. The number of nitrogens with zero attached hydrogens (tertiary/aromatic N) is 1. The van der Waals surface area contributed by atoms with Crippen LogP contribution < -0.4 is 10.1 Å². The smallest absolute Gasteiger partial charge is 0.124 e. The highest BCUT2D eigenvalue weighted by Gasteiger charge is 2.34. The molecule has 3 aliphatic rings. The Bertz CT molecular complexity index is 702. The van der Waals surface area contributed by atoms with Gasteiger partial charge in [-0.2, -0.15) is 0 Å². The van der Waals surface area contributed by atoms with Crippen LogP contribution in [0.4, 0.5) is 0 Å². The van der Waals surface area contributed by atoms with Crippen molar-refractivity contribution >= 4 is 5.84 Å². The number of hydrogen-bond acceptors (Lipinski definition) is 4. The SMILES string of the molecule is COc1ccc([C@H]2NC(COCC3CCCC3)=N[C@H]2C2C=CC=CC2)cc1. The second-order valence-corrected chi connectivity index (χ2v) is 7.84. The molecule has 4 heteroatoms. The van der Waals surface area contributed by atoms with Gasteiger partial charge >= 0.3 is 0 Å². The van der Waals surface area contributed by atoms with Gasteiger partial charge < -0.3 is 14.8 Å². The van der Waals surface area contributed by atoms with E-state index in [9.17, 15) is 0 Å². The van der Waals surface area contributed by atoms with E-state index in [0.29, 0.717) is 12.5 Å². The number of aliphatic imine (C=N–C) groups is 1. The number of rotatable bonds is 7. The van der Waals surface area contributed by atoms with E-state index < -0.39 is 0 Å². The van der Waals surface area contributed by atoms with Crippen LogP contribution >= 0.6 is 0 Å². The maximum atomic E-state index is 6.01. The van der Waals surface area contributed by atoms with E-state index in [1.165, 1.54) is 31.2 Å². The maximum absolute atomic E-state index is 6.01. The molecule has 1 N–H and O–H groups in total. The van der Waals surface area contributed by atoms with Crippen LogP contribution in [-0.2, 0) is 4.74 Å². The third-order valence-corrected chi connectivity index (χ3v) is 5.96. The molecule has 1 aromatic rings. The highest BCUT2D eigenvalue weighted by molar-refractivity contribution is 5.86. The van der Waals surface area contributed by atoms with Gasteiger partial charge in [0, 0.05) is 12.5 Å².